The number of nitrogens with two attached hydrogens (primary N) is 1. The molecule has 2 rings (SSSR count). The minimum Gasteiger partial charge on any atom is -0.494 e. The summed E-state index contributed by atoms with van der Waals surface area (Å²) in [6.07, 6.45) is 1.70. The molecule has 5 nitrogen and oxygen atoms in total. The number of halogens is 1. The molecule has 0 spiro atoms. The Bertz CT molecular complexity index is 555. The minimum atomic E-state index is -0.414. The molecule has 0 aliphatic rings. The molecule has 1 unspecified atom stereocenters. The number of benzene rings is 1. The molecule has 6 heteroatoms. The van der Waals surface area contributed by atoms with Gasteiger partial charge in [-0.25, -0.2) is 9.82 Å². The molecule has 0 amide bonds. The predicted octanol–water partition coefficient (Wildman–Crippen LogP) is 1.60. The highest BCUT2D eigenvalue weighted by Crippen LogP contribution is 2.25. The topological polar surface area (TPSA) is 65.1 Å². The SMILES string of the molecule is CCn1nccc1C(NN)c1ccc(OC)c(F)c1. The number of rotatable bonds is 5. The lowest BCUT2D eigenvalue weighted by molar-refractivity contribution is 0.385. The Labute approximate surface area is 111 Å². The lowest BCUT2D eigenvalue weighted by Gasteiger charge is -2.18. The maximum Gasteiger partial charge on any atom is 0.165 e. The Hall–Kier alpha value is -1.92. The number of hydrogen-bond acceptors (Lipinski definition) is 4. The maximum atomic E-state index is 13.8. The summed E-state index contributed by atoms with van der Waals surface area (Å²) in [6, 6.07) is 6.32. The molecular weight excluding hydrogens is 247 g/mol. The van der Waals surface area contributed by atoms with Crippen LogP contribution < -0.4 is 16.0 Å². The van der Waals surface area contributed by atoms with Crippen molar-refractivity contribution in [3.8, 4) is 5.75 Å². The molecule has 0 saturated carbocycles. The van der Waals surface area contributed by atoms with Gasteiger partial charge in [-0.05, 0) is 30.7 Å². The largest absolute Gasteiger partial charge is 0.494 e. The molecule has 0 bridgehead atoms. The highest BCUT2D eigenvalue weighted by atomic mass is 19.1. The molecule has 0 aliphatic heterocycles. The number of hydrogen-bond donors (Lipinski definition) is 2. The molecule has 1 aromatic heterocycles. The fraction of sp³-hybridized carbons (Fsp3) is 0.308. The zero-order valence-corrected chi connectivity index (χ0v) is 10.9. The Kier molecular flexibility index (Phi) is 4.13. The molecule has 1 aromatic carbocycles. The zero-order chi connectivity index (χ0) is 13.8. The van der Waals surface area contributed by atoms with Gasteiger partial charge in [-0.15, -0.1) is 0 Å². The number of aryl methyl sites for hydroxylation is 1. The van der Waals surface area contributed by atoms with Crippen molar-refractivity contribution in [1.82, 2.24) is 15.2 Å². The summed E-state index contributed by atoms with van der Waals surface area (Å²) < 4.78 is 20.5. The van der Waals surface area contributed by atoms with Crippen LogP contribution in [0.3, 0.4) is 0 Å². The molecule has 1 atom stereocenters. The predicted molar refractivity (Wildman–Crippen MR) is 70.0 cm³/mol. The van der Waals surface area contributed by atoms with E-state index < -0.39 is 5.82 Å². The van der Waals surface area contributed by atoms with Crippen molar-refractivity contribution in [1.29, 1.82) is 0 Å². The summed E-state index contributed by atoms with van der Waals surface area (Å²) in [7, 11) is 1.43. The number of nitrogens with one attached hydrogen (secondary N) is 1. The van der Waals surface area contributed by atoms with E-state index >= 15 is 0 Å². The van der Waals surface area contributed by atoms with Crippen LogP contribution >= 0.6 is 0 Å². The van der Waals surface area contributed by atoms with Gasteiger partial charge in [0.2, 0.25) is 0 Å². The first-order chi connectivity index (χ1) is 9.21. The molecular formula is C13H17FN4O. The zero-order valence-electron chi connectivity index (χ0n) is 10.9. The van der Waals surface area contributed by atoms with E-state index in [0.717, 1.165) is 17.8 Å². The van der Waals surface area contributed by atoms with Crippen molar-refractivity contribution in [2.24, 2.45) is 5.84 Å². The first kappa shape index (κ1) is 13.5. The average Bonchev–Trinajstić information content (AvgIpc) is 2.88. The highest BCUT2D eigenvalue weighted by Gasteiger charge is 2.18. The van der Waals surface area contributed by atoms with Crippen molar-refractivity contribution in [2.75, 3.05) is 7.11 Å². The second-order valence-corrected chi connectivity index (χ2v) is 4.07. The van der Waals surface area contributed by atoms with E-state index in [2.05, 4.69) is 10.5 Å². The summed E-state index contributed by atoms with van der Waals surface area (Å²) in [5.41, 5.74) is 4.29. The molecule has 0 fully saturated rings. The molecule has 19 heavy (non-hydrogen) atoms. The molecule has 3 N–H and O–H groups in total. The van der Waals surface area contributed by atoms with E-state index in [1.807, 2.05) is 17.7 Å². The van der Waals surface area contributed by atoms with Crippen molar-refractivity contribution in [3.05, 3.63) is 47.5 Å². The molecule has 1 heterocycles. The Morgan fingerprint density at radius 3 is 2.84 bits per heavy atom. The number of ether oxygens (including phenoxy) is 1. The number of aromatic nitrogens is 2. The maximum absolute atomic E-state index is 13.8. The number of methoxy groups -OCH3 is 1. The third kappa shape index (κ3) is 2.59. The van der Waals surface area contributed by atoms with E-state index in [0.29, 0.717) is 0 Å². The highest BCUT2D eigenvalue weighted by molar-refractivity contribution is 5.34. The third-order valence-electron chi connectivity index (χ3n) is 3.02. The van der Waals surface area contributed by atoms with Crippen molar-refractivity contribution in [2.45, 2.75) is 19.5 Å². The van der Waals surface area contributed by atoms with Crippen molar-refractivity contribution in [3.63, 3.8) is 0 Å². The van der Waals surface area contributed by atoms with Crippen LogP contribution in [-0.2, 0) is 6.54 Å². The summed E-state index contributed by atoms with van der Waals surface area (Å²) in [5, 5.41) is 4.19. The van der Waals surface area contributed by atoms with Gasteiger partial charge in [0.15, 0.2) is 11.6 Å². The fourth-order valence-corrected chi connectivity index (χ4v) is 2.07. The van der Waals surface area contributed by atoms with E-state index in [-0.39, 0.29) is 11.8 Å². The Morgan fingerprint density at radius 2 is 2.26 bits per heavy atom. The van der Waals surface area contributed by atoms with Gasteiger partial charge in [-0.1, -0.05) is 6.07 Å². The standard InChI is InChI=1S/C13H17FN4O/c1-3-18-11(6-7-16-18)13(17-15)9-4-5-12(19-2)10(14)8-9/h4-8,13,17H,3,15H2,1-2H3. The summed E-state index contributed by atoms with van der Waals surface area (Å²) in [6.45, 7) is 2.71. The van der Waals surface area contributed by atoms with Crippen molar-refractivity contribution >= 4 is 0 Å². The molecule has 0 radical (unpaired) electrons. The van der Waals surface area contributed by atoms with Gasteiger partial charge in [0.05, 0.1) is 18.8 Å². The van der Waals surface area contributed by atoms with Crippen LogP contribution in [0.1, 0.15) is 24.2 Å². The monoisotopic (exact) mass is 264 g/mol. The van der Waals surface area contributed by atoms with Crippen LogP contribution in [0.25, 0.3) is 0 Å². The summed E-state index contributed by atoms with van der Waals surface area (Å²) in [5.74, 6) is 5.39. The van der Waals surface area contributed by atoms with E-state index in [9.17, 15) is 4.39 Å². The van der Waals surface area contributed by atoms with E-state index in [1.165, 1.54) is 13.2 Å². The normalized spacial score (nSPS) is 12.4. The molecule has 0 saturated heterocycles. The second-order valence-electron chi connectivity index (χ2n) is 4.07. The minimum absolute atomic E-state index is 0.212. The van der Waals surface area contributed by atoms with Crippen LogP contribution in [0, 0.1) is 5.82 Å². The van der Waals surface area contributed by atoms with Crippen LogP contribution in [0.15, 0.2) is 30.5 Å². The van der Waals surface area contributed by atoms with Gasteiger partial charge < -0.3 is 4.74 Å². The lowest BCUT2D eigenvalue weighted by atomic mass is 10.0. The van der Waals surface area contributed by atoms with Crippen molar-refractivity contribution < 1.29 is 9.13 Å². The molecule has 102 valence electrons. The first-order valence-corrected chi connectivity index (χ1v) is 6.02. The fourth-order valence-electron chi connectivity index (χ4n) is 2.07. The summed E-state index contributed by atoms with van der Waals surface area (Å²) >= 11 is 0. The van der Waals surface area contributed by atoms with Crippen LogP contribution in [0.2, 0.25) is 0 Å². The van der Waals surface area contributed by atoms with Crippen LogP contribution in [0.5, 0.6) is 5.75 Å². The third-order valence-corrected chi connectivity index (χ3v) is 3.02. The smallest absolute Gasteiger partial charge is 0.165 e. The number of hydrazine groups is 1. The van der Waals surface area contributed by atoms with Gasteiger partial charge in [0.1, 0.15) is 0 Å². The first-order valence-electron chi connectivity index (χ1n) is 6.02. The van der Waals surface area contributed by atoms with Gasteiger partial charge in [0.25, 0.3) is 0 Å². The van der Waals surface area contributed by atoms with Crippen LogP contribution in [-0.4, -0.2) is 16.9 Å². The van der Waals surface area contributed by atoms with Gasteiger partial charge >= 0.3 is 0 Å². The quantitative estimate of drug-likeness (QED) is 0.636. The van der Waals surface area contributed by atoms with Gasteiger partial charge in [-0.3, -0.25) is 10.5 Å². The summed E-state index contributed by atoms with van der Waals surface area (Å²) in [4.78, 5) is 0. The van der Waals surface area contributed by atoms with E-state index in [1.54, 1.807) is 18.3 Å². The van der Waals surface area contributed by atoms with Gasteiger partial charge in [-0.2, -0.15) is 5.10 Å². The lowest BCUT2D eigenvalue weighted by Crippen LogP contribution is -2.30. The van der Waals surface area contributed by atoms with Gasteiger partial charge in [0, 0.05) is 12.7 Å². The molecule has 2 aromatic rings. The Morgan fingerprint density at radius 1 is 1.47 bits per heavy atom. The number of nitrogens with zero attached hydrogens (tertiary/aromatic N) is 2. The average molecular weight is 264 g/mol. The second kappa shape index (κ2) is 5.81. The Balaban J connectivity index is 2.40. The van der Waals surface area contributed by atoms with Crippen LogP contribution in [0.4, 0.5) is 4.39 Å². The van der Waals surface area contributed by atoms with E-state index in [4.69, 9.17) is 10.6 Å². The molecule has 0 aliphatic carbocycles.